The van der Waals surface area contributed by atoms with Gasteiger partial charge in [0.25, 0.3) is 0 Å². The Hall–Kier alpha value is -1.72. The van der Waals surface area contributed by atoms with Crippen molar-refractivity contribution in [3.8, 4) is 0 Å². The van der Waals surface area contributed by atoms with Gasteiger partial charge < -0.3 is 5.32 Å². The second-order valence-corrected chi connectivity index (χ2v) is 11.1. The van der Waals surface area contributed by atoms with E-state index < -0.39 is 10.0 Å². The highest BCUT2D eigenvalue weighted by Crippen LogP contribution is 2.34. The number of carbonyl (C=O) groups is 1. The van der Waals surface area contributed by atoms with E-state index in [1.807, 2.05) is 13.8 Å². The van der Waals surface area contributed by atoms with Crippen molar-refractivity contribution >= 4 is 66.5 Å². The summed E-state index contributed by atoms with van der Waals surface area (Å²) in [4.78, 5) is 23.0. The molecule has 11 heteroatoms. The largest absolute Gasteiger partial charge is 0.325 e. The first-order valence-electron chi connectivity index (χ1n) is 8.46. The van der Waals surface area contributed by atoms with Crippen molar-refractivity contribution in [3.63, 3.8) is 0 Å². The normalized spacial score (nSPS) is 11.9. The fourth-order valence-electron chi connectivity index (χ4n) is 2.57. The number of rotatable bonds is 6. The van der Waals surface area contributed by atoms with E-state index in [0.29, 0.717) is 5.69 Å². The van der Waals surface area contributed by atoms with Crippen LogP contribution in [0, 0.1) is 13.8 Å². The number of hydrogen-bond acceptors (Lipinski definition) is 7. The lowest BCUT2D eigenvalue weighted by Crippen LogP contribution is -2.23. The van der Waals surface area contributed by atoms with E-state index in [4.69, 9.17) is 11.6 Å². The molecule has 29 heavy (non-hydrogen) atoms. The Morgan fingerprint density at radius 1 is 1.28 bits per heavy atom. The maximum Gasteiger partial charge on any atom is 0.244 e. The zero-order valence-corrected chi connectivity index (χ0v) is 19.4. The first-order chi connectivity index (χ1) is 13.6. The van der Waals surface area contributed by atoms with E-state index in [2.05, 4.69) is 15.3 Å². The molecule has 0 fully saturated rings. The molecule has 1 N–H and O–H groups in total. The molecule has 0 saturated carbocycles. The van der Waals surface area contributed by atoms with Crippen molar-refractivity contribution in [1.29, 1.82) is 0 Å². The summed E-state index contributed by atoms with van der Waals surface area (Å²) in [6, 6.07) is 4.37. The standard InChI is InChI=1S/C18H19ClN4O3S3/c1-10-11(2)28-18-16(10)17(20-9-21-18)27-8-15(24)22-12-5-6-13(19)14(7-12)29(25,26)23(3)4/h5-7,9H,8H2,1-4H3,(H,22,24). The minimum atomic E-state index is -3.72. The second-order valence-electron chi connectivity index (χ2n) is 6.41. The lowest BCUT2D eigenvalue weighted by atomic mass is 10.2. The molecule has 0 aliphatic heterocycles. The summed E-state index contributed by atoms with van der Waals surface area (Å²) >= 11 is 8.95. The van der Waals surface area contributed by atoms with Crippen LogP contribution in [0.1, 0.15) is 10.4 Å². The summed E-state index contributed by atoms with van der Waals surface area (Å²) in [6.07, 6.45) is 1.50. The van der Waals surface area contributed by atoms with Gasteiger partial charge >= 0.3 is 0 Å². The van der Waals surface area contributed by atoms with Gasteiger partial charge in [-0.3, -0.25) is 4.79 Å². The quantitative estimate of drug-likeness (QED) is 0.433. The van der Waals surface area contributed by atoms with E-state index in [0.717, 1.165) is 25.1 Å². The molecule has 3 rings (SSSR count). The van der Waals surface area contributed by atoms with Crippen molar-refractivity contribution in [2.45, 2.75) is 23.8 Å². The Balaban J connectivity index is 1.76. The number of thioether (sulfide) groups is 1. The number of halogens is 1. The van der Waals surface area contributed by atoms with Gasteiger partial charge in [-0.15, -0.1) is 11.3 Å². The molecule has 2 aromatic heterocycles. The van der Waals surface area contributed by atoms with Crippen LogP contribution in [0.5, 0.6) is 0 Å². The highest BCUT2D eigenvalue weighted by atomic mass is 35.5. The van der Waals surface area contributed by atoms with Crippen LogP contribution < -0.4 is 5.32 Å². The van der Waals surface area contributed by atoms with Gasteiger partial charge in [0.1, 0.15) is 21.1 Å². The number of carbonyl (C=O) groups excluding carboxylic acids is 1. The van der Waals surface area contributed by atoms with E-state index in [1.165, 1.54) is 49.2 Å². The van der Waals surface area contributed by atoms with Gasteiger partial charge in [0.05, 0.1) is 10.8 Å². The van der Waals surface area contributed by atoms with Crippen LogP contribution in [0.15, 0.2) is 34.4 Å². The Labute approximate surface area is 182 Å². The Kier molecular flexibility index (Phi) is 6.49. The summed E-state index contributed by atoms with van der Waals surface area (Å²) in [7, 11) is -0.877. The van der Waals surface area contributed by atoms with Crippen molar-refractivity contribution in [2.75, 3.05) is 25.2 Å². The monoisotopic (exact) mass is 470 g/mol. The fraction of sp³-hybridized carbons (Fsp3) is 0.278. The van der Waals surface area contributed by atoms with Crippen LogP contribution in [0.2, 0.25) is 5.02 Å². The van der Waals surface area contributed by atoms with Gasteiger partial charge in [-0.2, -0.15) is 0 Å². The number of aromatic nitrogens is 2. The average molecular weight is 471 g/mol. The Bertz CT molecular complexity index is 1190. The van der Waals surface area contributed by atoms with Crippen molar-refractivity contribution in [3.05, 3.63) is 40.0 Å². The number of aryl methyl sites for hydroxylation is 2. The molecule has 0 saturated heterocycles. The molecule has 0 atom stereocenters. The molecular formula is C18H19ClN4O3S3. The average Bonchev–Trinajstić information content (AvgIpc) is 2.96. The van der Waals surface area contributed by atoms with Crippen molar-refractivity contribution in [1.82, 2.24) is 14.3 Å². The van der Waals surface area contributed by atoms with Crippen LogP contribution in [0.4, 0.5) is 5.69 Å². The molecule has 2 heterocycles. The second kappa shape index (κ2) is 8.57. The van der Waals surface area contributed by atoms with E-state index in [9.17, 15) is 13.2 Å². The van der Waals surface area contributed by atoms with Crippen LogP contribution in [0.3, 0.4) is 0 Å². The number of nitrogens with zero attached hydrogens (tertiary/aromatic N) is 3. The number of anilines is 1. The van der Waals surface area contributed by atoms with Crippen molar-refractivity contribution < 1.29 is 13.2 Å². The molecule has 0 unspecified atom stereocenters. The predicted molar refractivity (Wildman–Crippen MR) is 119 cm³/mol. The van der Waals surface area contributed by atoms with Crippen LogP contribution in [-0.4, -0.2) is 48.4 Å². The maximum atomic E-state index is 12.4. The summed E-state index contributed by atoms with van der Waals surface area (Å²) in [5.41, 5.74) is 1.47. The number of fused-ring (bicyclic) bond motifs is 1. The molecule has 0 spiro atoms. The highest BCUT2D eigenvalue weighted by molar-refractivity contribution is 8.00. The predicted octanol–water partition coefficient (Wildman–Crippen LogP) is 3.94. The Morgan fingerprint density at radius 3 is 2.69 bits per heavy atom. The van der Waals surface area contributed by atoms with Crippen LogP contribution >= 0.6 is 34.7 Å². The molecule has 1 amide bonds. The third-order valence-electron chi connectivity index (χ3n) is 4.24. The van der Waals surface area contributed by atoms with Crippen LogP contribution in [-0.2, 0) is 14.8 Å². The third kappa shape index (κ3) is 4.56. The van der Waals surface area contributed by atoms with Crippen LogP contribution in [0.25, 0.3) is 10.2 Å². The molecule has 0 bridgehead atoms. The number of thiophene rings is 1. The molecule has 154 valence electrons. The molecule has 0 radical (unpaired) electrons. The minimum absolute atomic E-state index is 0.0588. The number of nitrogens with one attached hydrogen (secondary N) is 1. The third-order valence-corrected chi connectivity index (χ3v) is 8.65. The van der Waals surface area contributed by atoms with Gasteiger partial charge in [0, 0.05) is 30.0 Å². The Morgan fingerprint density at radius 2 is 2.00 bits per heavy atom. The molecular weight excluding hydrogens is 452 g/mol. The lowest BCUT2D eigenvalue weighted by molar-refractivity contribution is -0.113. The zero-order chi connectivity index (χ0) is 21.3. The molecule has 0 aliphatic carbocycles. The number of benzene rings is 1. The first kappa shape index (κ1) is 22.0. The molecule has 3 aromatic rings. The molecule has 1 aromatic carbocycles. The van der Waals surface area contributed by atoms with Gasteiger partial charge in [0.15, 0.2) is 0 Å². The number of hydrogen-bond donors (Lipinski definition) is 1. The minimum Gasteiger partial charge on any atom is -0.325 e. The van der Waals surface area contributed by atoms with Gasteiger partial charge in [0.2, 0.25) is 15.9 Å². The summed E-state index contributed by atoms with van der Waals surface area (Å²) in [5.74, 6) is -0.152. The lowest BCUT2D eigenvalue weighted by Gasteiger charge is -2.14. The number of amides is 1. The summed E-state index contributed by atoms with van der Waals surface area (Å²) in [6.45, 7) is 4.05. The fourth-order valence-corrected chi connectivity index (χ4v) is 5.88. The van der Waals surface area contributed by atoms with Gasteiger partial charge in [-0.25, -0.2) is 22.7 Å². The van der Waals surface area contributed by atoms with Crippen molar-refractivity contribution in [2.24, 2.45) is 0 Å². The van der Waals surface area contributed by atoms with E-state index >= 15 is 0 Å². The topological polar surface area (TPSA) is 92.3 Å². The van der Waals surface area contributed by atoms with Gasteiger partial charge in [-0.05, 0) is 37.6 Å². The summed E-state index contributed by atoms with van der Waals surface area (Å²) < 4.78 is 25.8. The molecule has 7 nitrogen and oxygen atoms in total. The SMILES string of the molecule is Cc1sc2ncnc(SCC(=O)Nc3ccc(Cl)c(S(=O)(=O)N(C)C)c3)c2c1C. The number of sulfonamides is 1. The molecule has 0 aliphatic rings. The van der Waals surface area contributed by atoms with Gasteiger partial charge in [-0.1, -0.05) is 23.4 Å². The maximum absolute atomic E-state index is 12.4. The zero-order valence-electron chi connectivity index (χ0n) is 16.2. The smallest absolute Gasteiger partial charge is 0.244 e. The highest BCUT2D eigenvalue weighted by Gasteiger charge is 2.21. The van der Waals surface area contributed by atoms with E-state index in [-0.39, 0.29) is 21.6 Å². The van der Waals surface area contributed by atoms with E-state index in [1.54, 1.807) is 17.4 Å². The first-order valence-corrected chi connectivity index (χ1v) is 12.1. The summed E-state index contributed by atoms with van der Waals surface area (Å²) in [5, 5.41) is 4.53.